The summed E-state index contributed by atoms with van der Waals surface area (Å²) >= 11 is 1.67. The van der Waals surface area contributed by atoms with Gasteiger partial charge in [-0.15, -0.1) is 10.2 Å². The third-order valence-electron chi connectivity index (χ3n) is 1.30. The largest absolute Gasteiger partial charge is 0.162 e. The molecule has 2 heterocycles. The Kier molecular flexibility index (Phi) is 1.64. The van der Waals surface area contributed by atoms with Gasteiger partial charge >= 0.3 is 0 Å². The zero-order chi connectivity index (χ0) is 7.52. The van der Waals surface area contributed by atoms with Crippen LogP contribution in [0.4, 0.5) is 0 Å². The SMILES string of the molecule is c1nnn(Cc2ccsc2)n1. The second-order valence-electron chi connectivity index (χ2n) is 2.10. The number of thiophene rings is 1. The Bertz CT molecular complexity index is 267. The zero-order valence-corrected chi connectivity index (χ0v) is 6.53. The molecule has 0 aliphatic heterocycles. The lowest BCUT2D eigenvalue weighted by atomic mass is 10.3. The fourth-order valence-electron chi connectivity index (χ4n) is 0.807. The fourth-order valence-corrected chi connectivity index (χ4v) is 1.47. The third-order valence-corrected chi connectivity index (χ3v) is 2.03. The van der Waals surface area contributed by atoms with E-state index in [0.29, 0.717) is 6.54 Å². The Labute approximate surface area is 67.5 Å². The Morgan fingerprint density at radius 2 is 2.55 bits per heavy atom. The molecule has 56 valence electrons. The molecule has 0 unspecified atom stereocenters. The van der Waals surface area contributed by atoms with Crippen LogP contribution in [0.2, 0.25) is 0 Å². The summed E-state index contributed by atoms with van der Waals surface area (Å²) in [6, 6.07) is 2.05. The molecule has 0 saturated heterocycles. The molecule has 0 amide bonds. The van der Waals surface area contributed by atoms with E-state index < -0.39 is 0 Å². The highest BCUT2D eigenvalue weighted by Gasteiger charge is 1.95. The van der Waals surface area contributed by atoms with Gasteiger partial charge in [-0.2, -0.15) is 16.1 Å². The molecule has 0 aliphatic rings. The summed E-state index contributed by atoms with van der Waals surface area (Å²) in [6.07, 6.45) is 1.44. The first-order chi connectivity index (χ1) is 5.45. The maximum Gasteiger partial charge on any atom is 0.162 e. The van der Waals surface area contributed by atoms with Crippen molar-refractivity contribution < 1.29 is 0 Å². The number of hydrogen-bond donors (Lipinski definition) is 0. The minimum Gasteiger partial charge on any atom is -0.160 e. The average molecular weight is 166 g/mol. The van der Waals surface area contributed by atoms with Crippen molar-refractivity contribution >= 4 is 11.3 Å². The van der Waals surface area contributed by atoms with Gasteiger partial charge in [0.15, 0.2) is 6.33 Å². The lowest BCUT2D eigenvalue weighted by molar-refractivity contribution is 0.573. The topological polar surface area (TPSA) is 43.6 Å². The van der Waals surface area contributed by atoms with Gasteiger partial charge in [-0.3, -0.25) is 0 Å². The average Bonchev–Trinajstić information content (AvgIpc) is 2.60. The summed E-state index contributed by atoms with van der Waals surface area (Å²) in [6.45, 7) is 0.712. The summed E-state index contributed by atoms with van der Waals surface area (Å²) in [5.41, 5.74) is 1.22. The summed E-state index contributed by atoms with van der Waals surface area (Å²) in [7, 11) is 0. The van der Waals surface area contributed by atoms with E-state index >= 15 is 0 Å². The molecule has 0 N–H and O–H groups in total. The van der Waals surface area contributed by atoms with Gasteiger partial charge in [0, 0.05) is 0 Å². The first kappa shape index (κ1) is 6.48. The van der Waals surface area contributed by atoms with Crippen molar-refractivity contribution in [1.82, 2.24) is 20.2 Å². The maximum atomic E-state index is 3.89. The van der Waals surface area contributed by atoms with E-state index in [1.807, 2.05) is 11.4 Å². The molecule has 0 fully saturated rings. The minimum absolute atomic E-state index is 0.712. The van der Waals surface area contributed by atoms with Crippen LogP contribution in [-0.2, 0) is 6.54 Å². The molecule has 11 heavy (non-hydrogen) atoms. The number of tetrazole rings is 1. The summed E-state index contributed by atoms with van der Waals surface area (Å²) in [4.78, 5) is 1.56. The highest BCUT2D eigenvalue weighted by atomic mass is 32.1. The smallest absolute Gasteiger partial charge is 0.160 e. The number of nitrogens with zero attached hydrogens (tertiary/aromatic N) is 4. The highest BCUT2D eigenvalue weighted by molar-refractivity contribution is 7.07. The van der Waals surface area contributed by atoms with Gasteiger partial charge in [0.2, 0.25) is 0 Å². The van der Waals surface area contributed by atoms with Gasteiger partial charge in [-0.05, 0) is 27.6 Å². The fraction of sp³-hybridized carbons (Fsp3) is 0.167. The predicted molar refractivity (Wildman–Crippen MR) is 41.2 cm³/mol. The van der Waals surface area contributed by atoms with E-state index in [1.54, 1.807) is 16.1 Å². The van der Waals surface area contributed by atoms with Crippen LogP contribution in [0.25, 0.3) is 0 Å². The third kappa shape index (κ3) is 1.43. The number of rotatable bonds is 2. The van der Waals surface area contributed by atoms with Crippen LogP contribution in [0.3, 0.4) is 0 Å². The van der Waals surface area contributed by atoms with Crippen LogP contribution in [0.1, 0.15) is 5.56 Å². The van der Waals surface area contributed by atoms with Crippen molar-refractivity contribution in [2.45, 2.75) is 6.54 Å². The first-order valence-electron chi connectivity index (χ1n) is 3.17. The molecule has 2 aromatic heterocycles. The molecule has 0 atom stereocenters. The molecule has 2 aromatic rings. The lowest BCUT2D eigenvalue weighted by Gasteiger charge is -1.92. The van der Waals surface area contributed by atoms with Crippen LogP contribution < -0.4 is 0 Å². The Balaban J connectivity index is 2.14. The van der Waals surface area contributed by atoms with E-state index in [9.17, 15) is 0 Å². The summed E-state index contributed by atoms with van der Waals surface area (Å²) in [5, 5.41) is 15.4. The highest BCUT2D eigenvalue weighted by Crippen LogP contribution is 2.05. The van der Waals surface area contributed by atoms with Gasteiger partial charge in [-0.1, -0.05) is 0 Å². The van der Waals surface area contributed by atoms with Crippen molar-refractivity contribution in [3.05, 3.63) is 28.7 Å². The Morgan fingerprint density at radius 1 is 1.55 bits per heavy atom. The van der Waals surface area contributed by atoms with Crippen LogP contribution >= 0.6 is 11.3 Å². The van der Waals surface area contributed by atoms with Crippen molar-refractivity contribution in [3.63, 3.8) is 0 Å². The monoisotopic (exact) mass is 166 g/mol. The standard InChI is InChI=1S/C6H6N4S/c1-2-11-4-6(1)3-10-8-5-7-9-10/h1-2,4-5H,3H2. The molecule has 0 radical (unpaired) electrons. The van der Waals surface area contributed by atoms with Crippen molar-refractivity contribution in [3.8, 4) is 0 Å². The van der Waals surface area contributed by atoms with E-state index in [-0.39, 0.29) is 0 Å². The van der Waals surface area contributed by atoms with E-state index in [2.05, 4.69) is 20.8 Å². The van der Waals surface area contributed by atoms with Gasteiger partial charge < -0.3 is 0 Å². The van der Waals surface area contributed by atoms with E-state index in [1.165, 1.54) is 11.9 Å². The minimum atomic E-state index is 0.712. The van der Waals surface area contributed by atoms with Crippen molar-refractivity contribution in [1.29, 1.82) is 0 Å². The molecular weight excluding hydrogens is 160 g/mol. The molecule has 2 rings (SSSR count). The number of aromatic nitrogens is 4. The second kappa shape index (κ2) is 2.79. The van der Waals surface area contributed by atoms with E-state index in [4.69, 9.17) is 0 Å². The second-order valence-corrected chi connectivity index (χ2v) is 2.88. The number of hydrogen-bond acceptors (Lipinski definition) is 4. The molecule has 5 heteroatoms. The summed E-state index contributed by atoms with van der Waals surface area (Å²) < 4.78 is 0. The molecule has 0 aromatic carbocycles. The quantitative estimate of drug-likeness (QED) is 0.662. The first-order valence-corrected chi connectivity index (χ1v) is 4.11. The van der Waals surface area contributed by atoms with Crippen LogP contribution in [0, 0.1) is 0 Å². The maximum absolute atomic E-state index is 3.89. The molecule has 0 aliphatic carbocycles. The predicted octanol–water partition coefficient (Wildman–Crippen LogP) is 0.783. The van der Waals surface area contributed by atoms with Crippen molar-refractivity contribution in [2.24, 2.45) is 0 Å². The molecule has 0 saturated carbocycles. The van der Waals surface area contributed by atoms with Gasteiger partial charge in [-0.25, -0.2) is 0 Å². The molecule has 4 nitrogen and oxygen atoms in total. The Hall–Kier alpha value is -1.23. The van der Waals surface area contributed by atoms with Crippen LogP contribution in [0.5, 0.6) is 0 Å². The van der Waals surface area contributed by atoms with Crippen molar-refractivity contribution in [2.75, 3.05) is 0 Å². The van der Waals surface area contributed by atoms with Crippen LogP contribution in [0.15, 0.2) is 23.2 Å². The van der Waals surface area contributed by atoms with Gasteiger partial charge in [0.1, 0.15) is 0 Å². The summed E-state index contributed by atoms with van der Waals surface area (Å²) in [5.74, 6) is 0. The molecular formula is C6H6N4S. The van der Waals surface area contributed by atoms with E-state index in [0.717, 1.165) is 0 Å². The lowest BCUT2D eigenvalue weighted by Crippen LogP contribution is -2.02. The van der Waals surface area contributed by atoms with Gasteiger partial charge in [0.05, 0.1) is 6.54 Å². The molecule has 0 spiro atoms. The molecule has 0 bridgehead atoms. The van der Waals surface area contributed by atoms with Crippen LogP contribution in [-0.4, -0.2) is 20.2 Å². The Morgan fingerprint density at radius 3 is 3.18 bits per heavy atom. The van der Waals surface area contributed by atoms with Gasteiger partial charge in [0.25, 0.3) is 0 Å². The normalized spacial score (nSPS) is 10.2. The zero-order valence-electron chi connectivity index (χ0n) is 5.71.